The smallest absolute Gasteiger partial charge is 0.0121 e. The molecule has 0 aromatic rings. The summed E-state index contributed by atoms with van der Waals surface area (Å²) in [5, 5.41) is 3.23. The number of rotatable bonds is 4. The van der Waals surface area contributed by atoms with Crippen LogP contribution in [-0.2, 0) is 0 Å². The lowest BCUT2D eigenvalue weighted by atomic mass is 10.0. The highest BCUT2D eigenvalue weighted by molar-refractivity contribution is 4.78. The van der Waals surface area contributed by atoms with Crippen LogP contribution in [0.5, 0.6) is 0 Å². The van der Waals surface area contributed by atoms with Crippen LogP contribution in [0.4, 0.5) is 0 Å². The molecule has 0 aromatic carbocycles. The summed E-state index contributed by atoms with van der Waals surface area (Å²) in [6.45, 7) is 8.12. The summed E-state index contributed by atoms with van der Waals surface area (Å²) in [5.74, 6) is 0.702. The molecule has 1 heteroatoms. The third kappa shape index (κ3) is 3.31. The second kappa shape index (κ2) is 4.57. The summed E-state index contributed by atoms with van der Waals surface area (Å²) in [6.07, 6.45) is 3.02. The van der Waals surface area contributed by atoms with Crippen LogP contribution >= 0.6 is 0 Å². The van der Waals surface area contributed by atoms with Crippen LogP contribution in [0.2, 0.25) is 0 Å². The Hall–Kier alpha value is -0.300. The van der Waals surface area contributed by atoms with Gasteiger partial charge in [0, 0.05) is 6.04 Å². The molecular weight excluding hydrogens is 110 g/mol. The number of hydrogen-bond acceptors (Lipinski definition) is 1. The van der Waals surface area contributed by atoms with Crippen molar-refractivity contribution in [2.75, 3.05) is 7.05 Å². The van der Waals surface area contributed by atoms with Crippen molar-refractivity contribution in [1.82, 2.24) is 5.32 Å². The van der Waals surface area contributed by atoms with Gasteiger partial charge in [-0.2, -0.15) is 0 Å². The first-order chi connectivity index (χ1) is 4.22. The van der Waals surface area contributed by atoms with Crippen molar-refractivity contribution in [2.45, 2.75) is 26.3 Å². The van der Waals surface area contributed by atoms with Crippen molar-refractivity contribution >= 4 is 0 Å². The Labute approximate surface area is 58.2 Å². The molecular formula is C8H17N. The molecule has 0 fully saturated rings. The van der Waals surface area contributed by atoms with E-state index in [1.54, 1.807) is 0 Å². The van der Waals surface area contributed by atoms with Gasteiger partial charge in [-0.1, -0.05) is 19.9 Å². The number of nitrogens with one attached hydrogen (secondary N) is 1. The minimum Gasteiger partial charge on any atom is -0.316 e. The van der Waals surface area contributed by atoms with Gasteiger partial charge in [0.1, 0.15) is 0 Å². The minimum absolute atomic E-state index is 0.600. The van der Waals surface area contributed by atoms with Crippen molar-refractivity contribution in [3.05, 3.63) is 12.7 Å². The van der Waals surface area contributed by atoms with E-state index in [2.05, 4.69) is 25.7 Å². The largest absolute Gasteiger partial charge is 0.316 e. The molecule has 0 bridgehead atoms. The molecule has 1 unspecified atom stereocenters. The van der Waals surface area contributed by atoms with Gasteiger partial charge >= 0.3 is 0 Å². The van der Waals surface area contributed by atoms with Gasteiger partial charge in [-0.05, 0) is 19.4 Å². The first-order valence-electron chi connectivity index (χ1n) is 3.50. The van der Waals surface area contributed by atoms with Crippen molar-refractivity contribution in [3.8, 4) is 0 Å². The Morgan fingerprint density at radius 2 is 2.11 bits per heavy atom. The molecule has 0 aliphatic rings. The van der Waals surface area contributed by atoms with E-state index in [1.807, 2.05) is 13.1 Å². The molecule has 9 heavy (non-hydrogen) atoms. The normalized spacial score (nSPS) is 13.8. The summed E-state index contributed by atoms with van der Waals surface area (Å²) in [7, 11) is 1.99. The molecule has 0 saturated heterocycles. The summed E-state index contributed by atoms with van der Waals surface area (Å²) < 4.78 is 0. The Morgan fingerprint density at radius 1 is 1.56 bits per heavy atom. The van der Waals surface area contributed by atoms with Gasteiger partial charge in [0.25, 0.3) is 0 Å². The molecule has 0 heterocycles. The lowest BCUT2D eigenvalue weighted by Gasteiger charge is -2.17. The predicted octanol–water partition coefficient (Wildman–Crippen LogP) is 1.81. The van der Waals surface area contributed by atoms with E-state index >= 15 is 0 Å². The molecule has 0 amide bonds. The van der Waals surface area contributed by atoms with Crippen LogP contribution in [-0.4, -0.2) is 13.1 Å². The summed E-state index contributed by atoms with van der Waals surface area (Å²) >= 11 is 0. The third-order valence-electron chi connectivity index (χ3n) is 1.60. The average molecular weight is 127 g/mol. The first-order valence-corrected chi connectivity index (χ1v) is 3.50. The fraction of sp³-hybridized carbons (Fsp3) is 0.750. The van der Waals surface area contributed by atoms with Gasteiger partial charge in [0.15, 0.2) is 0 Å². The standard InChI is InChI=1S/C8H17N/c1-5-6-8(9-4)7(2)3/h5,7-9H,1,6H2,2-4H3. The van der Waals surface area contributed by atoms with Crippen LogP contribution in [0.15, 0.2) is 12.7 Å². The van der Waals surface area contributed by atoms with Crippen molar-refractivity contribution in [1.29, 1.82) is 0 Å². The maximum atomic E-state index is 3.69. The van der Waals surface area contributed by atoms with E-state index in [-0.39, 0.29) is 0 Å². The zero-order valence-corrected chi connectivity index (χ0v) is 6.65. The van der Waals surface area contributed by atoms with Crippen molar-refractivity contribution in [2.24, 2.45) is 5.92 Å². The topological polar surface area (TPSA) is 12.0 Å². The molecule has 0 saturated carbocycles. The Kier molecular flexibility index (Phi) is 4.41. The van der Waals surface area contributed by atoms with Crippen molar-refractivity contribution in [3.63, 3.8) is 0 Å². The Balaban J connectivity index is 3.53. The lowest BCUT2D eigenvalue weighted by molar-refractivity contribution is 0.431. The van der Waals surface area contributed by atoms with Gasteiger partial charge in [-0.25, -0.2) is 0 Å². The van der Waals surface area contributed by atoms with Crippen LogP contribution in [0, 0.1) is 5.92 Å². The Morgan fingerprint density at radius 3 is 2.22 bits per heavy atom. The molecule has 0 aliphatic carbocycles. The fourth-order valence-corrected chi connectivity index (χ4v) is 0.903. The third-order valence-corrected chi connectivity index (χ3v) is 1.60. The highest BCUT2D eigenvalue weighted by Gasteiger charge is 2.06. The minimum atomic E-state index is 0.600. The quantitative estimate of drug-likeness (QED) is 0.568. The van der Waals surface area contributed by atoms with E-state index in [0.29, 0.717) is 12.0 Å². The maximum Gasteiger partial charge on any atom is 0.0121 e. The molecule has 0 spiro atoms. The van der Waals surface area contributed by atoms with E-state index in [0.717, 1.165) is 6.42 Å². The highest BCUT2D eigenvalue weighted by atomic mass is 14.9. The number of hydrogen-bond donors (Lipinski definition) is 1. The van der Waals surface area contributed by atoms with Crippen LogP contribution in [0.25, 0.3) is 0 Å². The second-order valence-corrected chi connectivity index (χ2v) is 2.66. The molecule has 1 nitrogen and oxygen atoms in total. The monoisotopic (exact) mass is 127 g/mol. The zero-order chi connectivity index (χ0) is 7.28. The lowest BCUT2D eigenvalue weighted by Crippen LogP contribution is -2.29. The van der Waals surface area contributed by atoms with Crippen LogP contribution < -0.4 is 5.32 Å². The van der Waals surface area contributed by atoms with Gasteiger partial charge in [-0.15, -0.1) is 6.58 Å². The summed E-state index contributed by atoms with van der Waals surface area (Å²) in [6, 6.07) is 0.600. The fourth-order valence-electron chi connectivity index (χ4n) is 0.903. The second-order valence-electron chi connectivity index (χ2n) is 2.66. The Bertz CT molecular complexity index is 76.6. The van der Waals surface area contributed by atoms with Crippen LogP contribution in [0.1, 0.15) is 20.3 Å². The highest BCUT2D eigenvalue weighted by Crippen LogP contribution is 2.04. The van der Waals surface area contributed by atoms with E-state index in [1.165, 1.54) is 0 Å². The molecule has 1 atom stereocenters. The van der Waals surface area contributed by atoms with Crippen LogP contribution in [0.3, 0.4) is 0 Å². The first kappa shape index (κ1) is 8.70. The molecule has 54 valence electrons. The summed E-state index contributed by atoms with van der Waals surface area (Å²) in [5.41, 5.74) is 0. The van der Waals surface area contributed by atoms with Gasteiger partial charge in [-0.3, -0.25) is 0 Å². The molecule has 0 rings (SSSR count). The predicted molar refractivity (Wildman–Crippen MR) is 42.5 cm³/mol. The maximum absolute atomic E-state index is 3.69. The molecule has 0 radical (unpaired) electrons. The van der Waals surface area contributed by atoms with Crippen molar-refractivity contribution < 1.29 is 0 Å². The summed E-state index contributed by atoms with van der Waals surface area (Å²) in [4.78, 5) is 0. The molecule has 0 aliphatic heterocycles. The van der Waals surface area contributed by atoms with Gasteiger partial charge in [0.05, 0.1) is 0 Å². The van der Waals surface area contributed by atoms with Gasteiger partial charge < -0.3 is 5.32 Å². The SMILES string of the molecule is C=CCC(NC)C(C)C. The molecule has 1 N–H and O–H groups in total. The van der Waals surface area contributed by atoms with Gasteiger partial charge in [0.2, 0.25) is 0 Å². The zero-order valence-electron chi connectivity index (χ0n) is 6.65. The van der Waals surface area contributed by atoms with E-state index in [9.17, 15) is 0 Å². The van der Waals surface area contributed by atoms with E-state index in [4.69, 9.17) is 0 Å². The average Bonchev–Trinajstić information content (AvgIpc) is 1.82. The van der Waals surface area contributed by atoms with E-state index < -0.39 is 0 Å². The molecule has 0 aromatic heterocycles.